The van der Waals surface area contributed by atoms with E-state index in [9.17, 15) is 4.79 Å². The van der Waals surface area contributed by atoms with E-state index in [1.54, 1.807) is 14.2 Å². The molecule has 1 atom stereocenters. The fourth-order valence-electron chi connectivity index (χ4n) is 2.05. The van der Waals surface area contributed by atoms with Crippen molar-refractivity contribution in [3.05, 3.63) is 23.8 Å². The number of hydrogen-bond donors (Lipinski definition) is 2. The van der Waals surface area contributed by atoms with Gasteiger partial charge in [0.05, 0.1) is 20.3 Å². The maximum absolute atomic E-state index is 11.8. The van der Waals surface area contributed by atoms with E-state index in [2.05, 4.69) is 12.2 Å². The SMILES string of the molecule is CCCCC(N)C(=O)NCCc1ccc(OC)c(OC)c1. The monoisotopic (exact) mass is 294 g/mol. The number of ether oxygens (including phenoxy) is 2. The minimum Gasteiger partial charge on any atom is -0.493 e. The summed E-state index contributed by atoms with van der Waals surface area (Å²) in [4.78, 5) is 11.8. The minimum atomic E-state index is -0.407. The summed E-state index contributed by atoms with van der Waals surface area (Å²) in [5.74, 6) is 1.32. The van der Waals surface area contributed by atoms with Crippen molar-refractivity contribution in [2.24, 2.45) is 5.73 Å². The smallest absolute Gasteiger partial charge is 0.236 e. The van der Waals surface area contributed by atoms with Crippen molar-refractivity contribution in [3.63, 3.8) is 0 Å². The fourth-order valence-corrected chi connectivity index (χ4v) is 2.05. The van der Waals surface area contributed by atoms with Gasteiger partial charge in [-0.05, 0) is 30.5 Å². The normalized spacial score (nSPS) is 11.8. The zero-order valence-corrected chi connectivity index (χ0v) is 13.1. The summed E-state index contributed by atoms with van der Waals surface area (Å²) >= 11 is 0. The van der Waals surface area contributed by atoms with Crippen LogP contribution in [0.4, 0.5) is 0 Å². The second-order valence-electron chi connectivity index (χ2n) is 4.98. The zero-order chi connectivity index (χ0) is 15.7. The topological polar surface area (TPSA) is 73.6 Å². The van der Waals surface area contributed by atoms with Crippen molar-refractivity contribution in [3.8, 4) is 11.5 Å². The summed E-state index contributed by atoms with van der Waals surface area (Å²) in [7, 11) is 3.21. The zero-order valence-electron chi connectivity index (χ0n) is 13.1. The minimum absolute atomic E-state index is 0.0797. The van der Waals surface area contributed by atoms with Crippen molar-refractivity contribution in [1.29, 1.82) is 0 Å². The van der Waals surface area contributed by atoms with Gasteiger partial charge in [-0.1, -0.05) is 25.8 Å². The molecule has 1 rings (SSSR count). The quantitative estimate of drug-likeness (QED) is 0.729. The third kappa shape index (κ3) is 5.63. The average Bonchev–Trinajstić information content (AvgIpc) is 2.52. The van der Waals surface area contributed by atoms with Crippen LogP contribution in [0.25, 0.3) is 0 Å². The lowest BCUT2D eigenvalue weighted by molar-refractivity contribution is -0.122. The Hall–Kier alpha value is -1.75. The molecule has 0 aromatic heterocycles. The molecule has 0 spiro atoms. The van der Waals surface area contributed by atoms with E-state index in [0.29, 0.717) is 18.0 Å². The molecule has 1 amide bonds. The Morgan fingerprint density at radius 2 is 2.00 bits per heavy atom. The van der Waals surface area contributed by atoms with Gasteiger partial charge in [0.15, 0.2) is 11.5 Å². The van der Waals surface area contributed by atoms with Gasteiger partial charge in [-0.2, -0.15) is 0 Å². The van der Waals surface area contributed by atoms with Gasteiger partial charge in [0.1, 0.15) is 0 Å². The maximum Gasteiger partial charge on any atom is 0.236 e. The van der Waals surface area contributed by atoms with Crippen molar-refractivity contribution >= 4 is 5.91 Å². The lowest BCUT2D eigenvalue weighted by Crippen LogP contribution is -2.41. The van der Waals surface area contributed by atoms with Crippen molar-refractivity contribution in [2.45, 2.75) is 38.6 Å². The summed E-state index contributed by atoms with van der Waals surface area (Å²) in [5, 5.41) is 2.87. The van der Waals surface area contributed by atoms with Crippen molar-refractivity contribution < 1.29 is 14.3 Å². The van der Waals surface area contributed by atoms with Gasteiger partial charge in [0.2, 0.25) is 5.91 Å². The number of nitrogens with one attached hydrogen (secondary N) is 1. The Balaban J connectivity index is 2.43. The summed E-state index contributed by atoms with van der Waals surface area (Å²) in [5.41, 5.74) is 6.90. The van der Waals surface area contributed by atoms with Crippen LogP contribution in [0.2, 0.25) is 0 Å². The van der Waals surface area contributed by atoms with Crippen LogP contribution >= 0.6 is 0 Å². The van der Waals surface area contributed by atoms with E-state index in [1.807, 2.05) is 18.2 Å². The molecule has 0 bridgehead atoms. The summed E-state index contributed by atoms with van der Waals surface area (Å²) in [6.45, 7) is 2.65. The second kappa shape index (κ2) is 9.23. The highest BCUT2D eigenvalue weighted by atomic mass is 16.5. The highest BCUT2D eigenvalue weighted by Crippen LogP contribution is 2.27. The Bertz CT molecular complexity index is 449. The van der Waals surface area contributed by atoms with Crippen molar-refractivity contribution in [2.75, 3.05) is 20.8 Å². The number of methoxy groups -OCH3 is 2. The number of carbonyl (C=O) groups excluding carboxylic acids is 1. The van der Waals surface area contributed by atoms with Crippen LogP contribution < -0.4 is 20.5 Å². The lowest BCUT2D eigenvalue weighted by Gasteiger charge is -2.12. The first-order valence-electron chi connectivity index (χ1n) is 7.36. The maximum atomic E-state index is 11.8. The molecule has 0 saturated carbocycles. The predicted octanol–water partition coefficient (Wildman–Crippen LogP) is 1.88. The molecule has 0 radical (unpaired) electrons. The Labute approximate surface area is 126 Å². The molecule has 21 heavy (non-hydrogen) atoms. The number of unbranched alkanes of at least 4 members (excludes halogenated alkanes) is 1. The number of hydrogen-bond acceptors (Lipinski definition) is 4. The standard InChI is InChI=1S/C16H26N2O3/c1-4-5-6-13(17)16(19)18-10-9-12-7-8-14(20-2)15(11-12)21-3/h7-8,11,13H,4-6,9-10,17H2,1-3H3,(H,18,19). The van der Waals surface area contributed by atoms with Gasteiger partial charge in [-0.25, -0.2) is 0 Å². The molecule has 1 aromatic rings. The Morgan fingerprint density at radius 1 is 1.29 bits per heavy atom. The number of carbonyl (C=O) groups is 1. The molecule has 1 aromatic carbocycles. The van der Waals surface area contributed by atoms with E-state index in [0.717, 1.165) is 31.2 Å². The number of benzene rings is 1. The number of amides is 1. The van der Waals surface area contributed by atoms with Crippen LogP contribution in [-0.4, -0.2) is 32.7 Å². The van der Waals surface area contributed by atoms with E-state index in [-0.39, 0.29) is 5.91 Å². The Morgan fingerprint density at radius 3 is 2.62 bits per heavy atom. The summed E-state index contributed by atoms with van der Waals surface area (Å²) < 4.78 is 10.4. The van der Waals surface area contributed by atoms with Crippen LogP contribution in [0.5, 0.6) is 11.5 Å². The molecule has 0 aliphatic carbocycles. The number of rotatable bonds is 9. The van der Waals surface area contributed by atoms with Crippen LogP contribution in [0, 0.1) is 0 Å². The first-order chi connectivity index (χ1) is 10.1. The van der Waals surface area contributed by atoms with Gasteiger partial charge in [0.25, 0.3) is 0 Å². The third-order valence-corrected chi connectivity index (χ3v) is 3.37. The van der Waals surface area contributed by atoms with Gasteiger partial charge in [0, 0.05) is 6.54 Å². The predicted molar refractivity (Wildman–Crippen MR) is 83.8 cm³/mol. The van der Waals surface area contributed by atoms with Gasteiger partial charge in [-0.3, -0.25) is 4.79 Å². The van der Waals surface area contributed by atoms with Crippen LogP contribution in [0.3, 0.4) is 0 Å². The first kappa shape index (κ1) is 17.3. The molecule has 5 nitrogen and oxygen atoms in total. The highest BCUT2D eigenvalue weighted by Gasteiger charge is 2.12. The largest absolute Gasteiger partial charge is 0.493 e. The number of nitrogens with two attached hydrogens (primary N) is 1. The molecule has 0 saturated heterocycles. The summed E-state index contributed by atoms with van der Waals surface area (Å²) in [6.07, 6.45) is 3.49. The van der Waals surface area contributed by atoms with E-state index in [1.165, 1.54) is 0 Å². The van der Waals surface area contributed by atoms with Gasteiger partial charge >= 0.3 is 0 Å². The van der Waals surface area contributed by atoms with E-state index in [4.69, 9.17) is 15.2 Å². The van der Waals surface area contributed by atoms with Crippen LogP contribution in [-0.2, 0) is 11.2 Å². The molecule has 0 aliphatic heterocycles. The third-order valence-electron chi connectivity index (χ3n) is 3.37. The summed E-state index contributed by atoms with van der Waals surface area (Å²) in [6, 6.07) is 5.34. The average molecular weight is 294 g/mol. The van der Waals surface area contributed by atoms with Crippen LogP contribution in [0.15, 0.2) is 18.2 Å². The van der Waals surface area contributed by atoms with Gasteiger partial charge in [-0.15, -0.1) is 0 Å². The first-order valence-corrected chi connectivity index (χ1v) is 7.36. The van der Waals surface area contributed by atoms with Crippen LogP contribution in [0.1, 0.15) is 31.7 Å². The molecule has 0 heterocycles. The molecule has 3 N–H and O–H groups in total. The fraction of sp³-hybridized carbons (Fsp3) is 0.562. The molecular weight excluding hydrogens is 268 g/mol. The van der Waals surface area contributed by atoms with Gasteiger partial charge < -0.3 is 20.5 Å². The molecular formula is C16H26N2O3. The molecule has 118 valence electrons. The highest BCUT2D eigenvalue weighted by molar-refractivity contribution is 5.81. The second-order valence-corrected chi connectivity index (χ2v) is 4.98. The van der Waals surface area contributed by atoms with Crippen molar-refractivity contribution in [1.82, 2.24) is 5.32 Å². The Kier molecular flexibility index (Phi) is 7.61. The molecule has 5 heteroatoms. The van der Waals surface area contributed by atoms with E-state index < -0.39 is 6.04 Å². The molecule has 1 unspecified atom stereocenters. The van der Waals surface area contributed by atoms with E-state index >= 15 is 0 Å². The molecule has 0 aliphatic rings. The molecule has 0 fully saturated rings. The lowest BCUT2D eigenvalue weighted by atomic mass is 10.1.